The fourth-order valence-corrected chi connectivity index (χ4v) is 1.81. The van der Waals surface area contributed by atoms with Crippen molar-refractivity contribution in [2.75, 3.05) is 13.2 Å². The normalized spacial score (nSPS) is 10.6. The predicted molar refractivity (Wildman–Crippen MR) is 76.6 cm³/mol. The zero-order valence-corrected chi connectivity index (χ0v) is 12.0. The quantitative estimate of drug-likeness (QED) is 0.760. The van der Waals surface area contributed by atoms with Crippen LogP contribution in [0, 0.1) is 13.8 Å². The van der Waals surface area contributed by atoms with E-state index >= 15 is 0 Å². The van der Waals surface area contributed by atoms with Crippen molar-refractivity contribution >= 4 is 5.97 Å². The zero-order chi connectivity index (χ0) is 15.2. The van der Waals surface area contributed by atoms with Gasteiger partial charge < -0.3 is 19.6 Å². The number of aromatic carboxylic acids is 1. The lowest BCUT2D eigenvalue weighted by Gasteiger charge is -2.09. The lowest BCUT2D eigenvalue weighted by Crippen LogP contribution is -2.21. The van der Waals surface area contributed by atoms with E-state index < -0.39 is 5.97 Å². The second-order valence-electron chi connectivity index (χ2n) is 4.58. The van der Waals surface area contributed by atoms with Crippen molar-refractivity contribution in [1.82, 2.24) is 10.3 Å². The number of carboxylic acid groups (broad SMARTS) is 1. The molecule has 0 aliphatic carbocycles. The first kappa shape index (κ1) is 15.1. The second kappa shape index (κ2) is 6.90. The molecule has 0 aliphatic heterocycles. The van der Waals surface area contributed by atoms with Gasteiger partial charge in [0, 0.05) is 6.54 Å². The summed E-state index contributed by atoms with van der Waals surface area (Å²) in [5.41, 5.74) is 1.05. The number of hydrogen-bond acceptors (Lipinski definition) is 5. The maximum atomic E-state index is 11.0. The van der Waals surface area contributed by atoms with Gasteiger partial charge in [-0.15, -0.1) is 0 Å². The summed E-state index contributed by atoms with van der Waals surface area (Å²) in [6.45, 7) is 5.21. The Morgan fingerprint density at radius 3 is 2.81 bits per heavy atom. The molecule has 0 amide bonds. The number of hydrogen-bond donors (Lipinski definition) is 2. The average Bonchev–Trinajstić information content (AvgIpc) is 2.77. The van der Waals surface area contributed by atoms with Crippen molar-refractivity contribution in [3.8, 4) is 5.75 Å². The van der Waals surface area contributed by atoms with Gasteiger partial charge >= 0.3 is 5.97 Å². The number of para-hydroxylation sites is 1. The Hall–Kier alpha value is -2.34. The Bertz CT molecular complexity index is 602. The molecule has 1 aromatic heterocycles. The number of aromatic nitrogens is 1. The molecule has 0 saturated heterocycles. The number of rotatable bonds is 7. The highest BCUT2D eigenvalue weighted by molar-refractivity contribution is 5.90. The minimum absolute atomic E-state index is 0.163. The van der Waals surface area contributed by atoms with Gasteiger partial charge in [-0.25, -0.2) is 9.78 Å². The van der Waals surface area contributed by atoms with Crippen LogP contribution in [0.4, 0.5) is 0 Å². The summed E-state index contributed by atoms with van der Waals surface area (Å²) in [5.74, 6) is 0.827. The van der Waals surface area contributed by atoms with Gasteiger partial charge in [-0.3, -0.25) is 0 Å². The summed E-state index contributed by atoms with van der Waals surface area (Å²) in [5, 5.41) is 12.2. The molecule has 0 aliphatic rings. The smallest absolute Gasteiger partial charge is 0.339 e. The van der Waals surface area contributed by atoms with E-state index in [0.717, 1.165) is 11.5 Å². The fraction of sp³-hybridized carbons (Fsp3) is 0.333. The van der Waals surface area contributed by atoms with Crippen LogP contribution in [0.3, 0.4) is 0 Å². The molecule has 0 atom stereocenters. The standard InChI is InChI=1S/C15H18N2O4/c1-10-11(2)21-14(17-10)9-16-7-8-20-13-6-4-3-5-12(13)15(18)19/h3-6,16H,7-9H2,1-2H3,(H,18,19). The summed E-state index contributed by atoms with van der Waals surface area (Å²) >= 11 is 0. The van der Waals surface area contributed by atoms with Crippen molar-refractivity contribution in [1.29, 1.82) is 0 Å². The van der Waals surface area contributed by atoms with Crippen molar-refractivity contribution in [3.05, 3.63) is 47.2 Å². The van der Waals surface area contributed by atoms with Gasteiger partial charge in [0.2, 0.25) is 5.89 Å². The highest BCUT2D eigenvalue weighted by Crippen LogP contribution is 2.17. The van der Waals surface area contributed by atoms with Crippen LogP contribution in [0.1, 0.15) is 27.7 Å². The largest absolute Gasteiger partial charge is 0.491 e. The van der Waals surface area contributed by atoms with Crippen LogP contribution in [-0.4, -0.2) is 29.2 Å². The summed E-state index contributed by atoms with van der Waals surface area (Å²) < 4.78 is 10.9. The van der Waals surface area contributed by atoms with Gasteiger partial charge in [0.05, 0.1) is 12.2 Å². The van der Waals surface area contributed by atoms with Crippen LogP contribution in [-0.2, 0) is 6.54 Å². The molecule has 0 fully saturated rings. The van der Waals surface area contributed by atoms with Gasteiger partial charge in [-0.2, -0.15) is 0 Å². The number of carboxylic acids is 1. The molecule has 0 radical (unpaired) electrons. The lowest BCUT2D eigenvalue weighted by molar-refractivity contribution is 0.0692. The van der Waals surface area contributed by atoms with E-state index in [0.29, 0.717) is 31.3 Å². The minimum atomic E-state index is -0.996. The third-order valence-electron chi connectivity index (χ3n) is 3.00. The van der Waals surface area contributed by atoms with E-state index in [4.69, 9.17) is 14.3 Å². The number of nitrogens with one attached hydrogen (secondary N) is 1. The Balaban J connectivity index is 1.76. The first-order chi connectivity index (χ1) is 10.1. The zero-order valence-electron chi connectivity index (χ0n) is 12.0. The number of oxazole rings is 1. The van der Waals surface area contributed by atoms with Gasteiger partial charge in [0.1, 0.15) is 23.7 Å². The molecule has 0 saturated carbocycles. The first-order valence-corrected chi connectivity index (χ1v) is 6.66. The number of benzene rings is 1. The number of carbonyl (C=O) groups is 1. The van der Waals surface area contributed by atoms with Crippen LogP contribution < -0.4 is 10.1 Å². The van der Waals surface area contributed by atoms with Crippen molar-refractivity contribution in [2.24, 2.45) is 0 Å². The van der Waals surface area contributed by atoms with Gasteiger partial charge in [-0.1, -0.05) is 12.1 Å². The Kier molecular flexibility index (Phi) is 4.94. The molecule has 6 heteroatoms. The van der Waals surface area contributed by atoms with Gasteiger partial charge in [0.25, 0.3) is 0 Å². The van der Waals surface area contributed by atoms with Crippen LogP contribution in [0.15, 0.2) is 28.7 Å². The Labute approximate surface area is 122 Å². The maximum Gasteiger partial charge on any atom is 0.339 e. The number of nitrogens with zero attached hydrogens (tertiary/aromatic N) is 1. The molecule has 0 unspecified atom stereocenters. The highest BCUT2D eigenvalue weighted by Gasteiger charge is 2.09. The summed E-state index contributed by atoms with van der Waals surface area (Å²) in [6.07, 6.45) is 0. The van der Waals surface area contributed by atoms with Crippen molar-refractivity contribution in [2.45, 2.75) is 20.4 Å². The predicted octanol–water partition coefficient (Wildman–Crippen LogP) is 2.16. The molecule has 0 bridgehead atoms. The first-order valence-electron chi connectivity index (χ1n) is 6.66. The molecular formula is C15H18N2O4. The molecule has 6 nitrogen and oxygen atoms in total. The Morgan fingerprint density at radius 2 is 2.14 bits per heavy atom. The molecule has 2 aromatic rings. The summed E-state index contributed by atoms with van der Waals surface area (Å²) in [4.78, 5) is 15.3. The topological polar surface area (TPSA) is 84.6 Å². The number of aryl methyl sites for hydroxylation is 2. The van der Waals surface area contributed by atoms with Gasteiger partial charge in [0.15, 0.2) is 0 Å². The van der Waals surface area contributed by atoms with Crippen LogP contribution in [0.5, 0.6) is 5.75 Å². The van der Waals surface area contributed by atoms with E-state index in [2.05, 4.69) is 10.3 Å². The average molecular weight is 290 g/mol. The van der Waals surface area contributed by atoms with E-state index in [9.17, 15) is 4.79 Å². The van der Waals surface area contributed by atoms with Crippen molar-refractivity contribution in [3.63, 3.8) is 0 Å². The Morgan fingerprint density at radius 1 is 1.38 bits per heavy atom. The van der Waals surface area contributed by atoms with Crippen LogP contribution in [0.25, 0.3) is 0 Å². The third-order valence-corrected chi connectivity index (χ3v) is 3.00. The molecule has 2 rings (SSSR count). The van der Waals surface area contributed by atoms with E-state index in [-0.39, 0.29) is 5.56 Å². The summed E-state index contributed by atoms with van der Waals surface area (Å²) in [6, 6.07) is 6.57. The number of ether oxygens (including phenoxy) is 1. The van der Waals surface area contributed by atoms with E-state index in [1.807, 2.05) is 13.8 Å². The van der Waals surface area contributed by atoms with Crippen LogP contribution in [0.2, 0.25) is 0 Å². The molecule has 21 heavy (non-hydrogen) atoms. The maximum absolute atomic E-state index is 11.0. The third kappa shape index (κ3) is 4.06. The second-order valence-corrected chi connectivity index (χ2v) is 4.58. The molecular weight excluding hydrogens is 272 g/mol. The van der Waals surface area contributed by atoms with Crippen molar-refractivity contribution < 1.29 is 19.1 Å². The minimum Gasteiger partial charge on any atom is -0.491 e. The molecule has 112 valence electrons. The van der Waals surface area contributed by atoms with E-state index in [1.54, 1.807) is 18.2 Å². The summed E-state index contributed by atoms with van der Waals surface area (Å²) in [7, 11) is 0. The van der Waals surface area contributed by atoms with E-state index in [1.165, 1.54) is 6.07 Å². The lowest BCUT2D eigenvalue weighted by atomic mass is 10.2. The molecule has 1 heterocycles. The molecule has 1 aromatic carbocycles. The fourth-order valence-electron chi connectivity index (χ4n) is 1.81. The van der Waals surface area contributed by atoms with Crippen LogP contribution >= 0.6 is 0 Å². The molecule has 0 spiro atoms. The highest BCUT2D eigenvalue weighted by atomic mass is 16.5. The van der Waals surface area contributed by atoms with Gasteiger partial charge in [-0.05, 0) is 26.0 Å². The monoisotopic (exact) mass is 290 g/mol. The molecule has 2 N–H and O–H groups in total. The SMILES string of the molecule is Cc1nc(CNCCOc2ccccc2C(=O)O)oc1C.